The Morgan fingerprint density at radius 3 is 2.37 bits per heavy atom. The fourth-order valence-electron chi connectivity index (χ4n) is 3.66. The van der Waals surface area contributed by atoms with E-state index in [2.05, 4.69) is 65.2 Å². The number of hydrogen-bond acceptors (Lipinski definition) is 1. The number of rotatable bonds is 3. The van der Waals surface area contributed by atoms with Crippen LogP contribution in [0.3, 0.4) is 0 Å². The van der Waals surface area contributed by atoms with Crippen LogP contribution in [0, 0.1) is 0 Å². The number of nitrogens with zero attached hydrogens (tertiary/aromatic N) is 2. The first-order valence-electron chi connectivity index (χ1n) is 8.97. The zero-order chi connectivity index (χ0) is 18.2. The number of imidazole rings is 1. The molecular formula is C24H17ClN2. The highest BCUT2D eigenvalue weighted by Gasteiger charge is 2.13. The van der Waals surface area contributed by atoms with E-state index in [1.54, 1.807) is 0 Å². The first kappa shape index (κ1) is 16.1. The normalized spacial score (nSPS) is 11.3. The van der Waals surface area contributed by atoms with Gasteiger partial charge in [0, 0.05) is 10.6 Å². The third-order valence-electron chi connectivity index (χ3n) is 4.97. The lowest BCUT2D eigenvalue weighted by molar-refractivity contribution is 0.840. The smallest absolute Gasteiger partial charge is 0.141 e. The molecule has 0 aliphatic heterocycles. The predicted octanol–water partition coefficient (Wildman–Crippen LogP) is 6.56. The standard InChI is InChI=1S/C24H17ClN2/c25-20-14-12-18(13-15-20)24-26-22-10-3-4-11-23(22)27(24)16-19-8-5-7-17-6-1-2-9-21(17)19/h1-15H,16H2. The van der Waals surface area contributed by atoms with Gasteiger partial charge in [0.15, 0.2) is 0 Å². The van der Waals surface area contributed by atoms with Crippen molar-refractivity contribution in [2.75, 3.05) is 0 Å². The Kier molecular flexibility index (Phi) is 3.92. The van der Waals surface area contributed by atoms with Crippen LogP contribution in [0.1, 0.15) is 5.56 Å². The van der Waals surface area contributed by atoms with Gasteiger partial charge >= 0.3 is 0 Å². The molecule has 0 saturated heterocycles. The molecule has 27 heavy (non-hydrogen) atoms. The summed E-state index contributed by atoms with van der Waals surface area (Å²) in [6.45, 7) is 0.764. The second-order valence-electron chi connectivity index (χ2n) is 6.66. The molecule has 0 aliphatic carbocycles. The maximum atomic E-state index is 6.09. The number of aromatic nitrogens is 2. The van der Waals surface area contributed by atoms with Crippen LogP contribution < -0.4 is 0 Å². The largest absolute Gasteiger partial charge is 0.319 e. The monoisotopic (exact) mass is 368 g/mol. The van der Waals surface area contributed by atoms with Gasteiger partial charge < -0.3 is 4.57 Å². The fraction of sp³-hybridized carbons (Fsp3) is 0.0417. The molecule has 3 heteroatoms. The summed E-state index contributed by atoms with van der Waals surface area (Å²) in [6.07, 6.45) is 0. The highest BCUT2D eigenvalue weighted by Crippen LogP contribution is 2.28. The molecule has 1 aromatic heterocycles. The van der Waals surface area contributed by atoms with Crippen molar-refractivity contribution < 1.29 is 0 Å². The van der Waals surface area contributed by atoms with Gasteiger partial charge in [0.2, 0.25) is 0 Å². The lowest BCUT2D eigenvalue weighted by Gasteiger charge is -2.12. The first-order chi connectivity index (χ1) is 13.3. The molecule has 130 valence electrons. The van der Waals surface area contributed by atoms with Crippen molar-refractivity contribution in [3.05, 3.63) is 102 Å². The van der Waals surface area contributed by atoms with Crippen molar-refractivity contribution >= 4 is 33.4 Å². The average Bonchev–Trinajstić information content (AvgIpc) is 3.07. The molecule has 0 spiro atoms. The number of benzene rings is 4. The van der Waals surface area contributed by atoms with Crippen LogP contribution in [0.2, 0.25) is 5.02 Å². The van der Waals surface area contributed by atoms with Gasteiger partial charge in [0.05, 0.1) is 17.6 Å². The molecule has 0 unspecified atom stereocenters. The molecule has 0 fully saturated rings. The lowest BCUT2D eigenvalue weighted by atomic mass is 10.0. The third kappa shape index (κ3) is 2.88. The Hall–Kier alpha value is -3.10. The second-order valence-corrected chi connectivity index (χ2v) is 7.09. The van der Waals surface area contributed by atoms with Gasteiger partial charge in [-0.25, -0.2) is 4.98 Å². The molecule has 0 radical (unpaired) electrons. The minimum absolute atomic E-state index is 0.732. The summed E-state index contributed by atoms with van der Waals surface area (Å²) < 4.78 is 2.29. The van der Waals surface area contributed by atoms with E-state index in [0.717, 1.165) is 34.0 Å². The van der Waals surface area contributed by atoms with Crippen molar-refractivity contribution in [3.8, 4) is 11.4 Å². The van der Waals surface area contributed by atoms with Crippen molar-refractivity contribution in [2.24, 2.45) is 0 Å². The third-order valence-corrected chi connectivity index (χ3v) is 5.22. The van der Waals surface area contributed by atoms with Crippen molar-refractivity contribution in [1.82, 2.24) is 9.55 Å². The summed E-state index contributed by atoms with van der Waals surface area (Å²) >= 11 is 6.09. The van der Waals surface area contributed by atoms with E-state index in [-0.39, 0.29) is 0 Å². The maximum absolute atomic E-state index is 6.09. The summed E-state index contributed by atoms with van der Waals surface area (Å²) in [7, 11) is 0. The summed E-state index contributed by atoms with van der Waals surface area (Å²) in [6, 6.07) is 31.2. The molecule has 4 aromatic carbocycles. The number of fused-ring (bicyclic) bond motifs is 2. The molecule has 0 bridgehead atoms. The Morgan fingerprint density at radius 2 is 1.48 bits per heavy atom. The van der Waals surface area contributed by atoms with Gasteiger partial charge in [-0.3, -0.25) is 0 Å². The van der Waals surface area contributed by atoms with E-state index in [1.165, 1.54) is 16.3 Å². The summed E-state index contributed by atoms with van der Waals surface area (Å²) in [5.41, 5.74) is 4.49. The van der Waals surface area contributed by atoms with Crippen LogP contribution in [0.5, 0.6) is 0 Å². The highest BCUT2D eigenvalue weighted by molar-refractivity contribution is 6.30. The van der Waals surface area contributed by atoms with E-state index < -0.39 is 0 Å². The Morgan fingerprint density at radius 1 is 0.741 bits per heavy atom. The van der Waals surface area contributed by atoms with Gasteiger partial charge in [-0.15, -0.1) is 0 Å². The lowest BCUT2D eigenvalue weighted by Crippen LogP contribution is -2.03. The molecule has 0 saturated carbocycles. The number of hydrogen-bond donors (Lipinski definition) is 0. The van der Waals surface area contributed by atoms with Gasteiger partial charge in [0.1, 0.15) is 5.82 Å². The van der Waals surface area contributed by atoms with Gasteiger partial charge in [-0.2, -0.15) is 0 Å². The molecule has 0 atom stereocenters. The van der Waals surface area contributed by atoms with E-state index in [1.807, 2.05) is 30.3 Å². The SMILES string of the molecule is Clc1ccc(-c2nc3ccccc3n2Cc2cccc3ccccc23)cc1. The molecule has 2 nitrogen and oxygen atoms in total. The van der Waals surface area contributed by atoms with E-state index >= 15 is 0 Å². The van der Waals surface area contributed by atoms with Crippen molar-refractivity contribution in [3.63, 3.8) is 0 Å². The zero-order valence-corrected chi connectivity index (χ0v) is 15.4. The van der Waals surface area contributed by atoms with Gasteiger partial charge in [-0.1, -0.05) is 66.2 Å². The minimum Gasteiger partial charge on any atom is -0.319 e. The Labute approximate surface area is 162 Å². The summed E-state index contributed by atoms with van der Waals surface area (Å²) in [5, 5.41) is 3.27. The van der Waals surface area contributed by atoms with Crippen LogP contribution in [-0.4, -0.2) is 9.55 Å². The van der Waals surface area contributed by atoms with Crippen LogP contribution in [0.4, 0.5) is 0 Å². The molecular weight excluding hydrogens is 352 g/mol. The molecule has 1 heterocycles. The summed E-state index contributed by atoms with van der Waals surface area (Å²) in [4.78, 5) is 4.91. The summed E-state index contributed by atoms with van der Waals surface area (Å²) in [5.74, 6) is 0.959. The molecule has 5 rings (SSSR count). The van der Waals surface area contributed by atoms with Crippen molar-refractivity contribution in [2.45, 2.75) is 6.54 Å². The number of para-hydroxylation sites is 2. The molecule has 0 N–H and O–H groups in total. The Bertz CT molecular complexity index is 1250. The highest BCUT2D eigenvalue weighted by atomic mass is 35.5. The topological polar surface area (TPSA) is 17.8 Å². The van der Waals surface area contributed by atoms with Crippen LogP contribution in [0.15, 0.2) is 91.0 Å². The van der Waals surface area contributed by atoms with Crippen LogP contribution >= 0.6 is 11.6 Å². The quantitative estimate of drug-likeness (QED) is 0.352. The molecule has 0 amide bonds. The van der Waals surface area contributed by atoms with Gasteiger partial charge in [-0.05, 0) is 52.7 Å². The predicted molar refractivity (Wildman–Crippen MR) is 113 cm³/mol. The number of halogens is 1. The molecule has 5 aromatic rings. The maximum Gasteiger partial charge on any atom is 0.141 e. The Balaban J connectivity index is 1.72. The van der Waals surface area contributed by atoms with Crippen LogP contribution in [-0.2, 0) is 6.54 Å². The molecule has 0 aliphatic rings. The van der Waals surface area contributed by atoms with Crippen LogP contribution in [0.25, 0.3) is 33.2 Å². The first-order valence-corrected chi connectivity index (χ1v) is 9.35. The van der Waals surface area contributed by atoms with E-state index in [4.69, 9.17) is 16.6 Å². The minimum atomic E-state index is 0.732. The van der Waals surface area contributed by atoms with Gasteiger partial charge in [0.25, 0.3) is 0 Å². The average molecular weight is 369 g/mol. The van der Waals surface area contributed by atoms with Crippen molar-refractivity contribution in [1.29, 1.82) is 0 Å². The van der Waals surface area contributed by atoms with E-state index in [0.29, 0.717) is 0 Å². The van der Waals surface area contributed by atoms with E-state index in [9.17, 15) is 0 Å². The fourth-order valence-corrected chi connectivity index (χ4v) is 3.78. The zero-order valence-electron chi connectivity index (χ0n) is 14.6. The second kappa shape index (κ2) is 6.57.